The normalized spacial score (nSPS) is 14.8. The molecule has 1 aromatic carbocycles. The standard InChI is InChI=1S/C18H20FN3OS2/c19-15-6-2-3-7-16(15)24-13-17(23)21-20-12-14-8-9-18(25-14)22-10-4-1-5-11-22/h2-3,6-9,12H,1,4-5,10-11,13H2,(H,21,23). The lowest BCUT2D eigenvalue weighted by Gasteiger charge is -2.27. The van der Waals surface area contributed by atoms with Gasteiger partial charge in [0.25, 0.3) is 0 Å². The Morgan fingerprint density at radius 2 is 2.04 bits per heavy atom. The molecule has 0 spiro atoms. The van der Waals surface area contributed by atoms with Gasteiger partial charge in [-0.25, -0.2) is 9.82 Å². The van der Waals surface area contributed by atoms with Crippen LogP contribution in [0, 0.1) is 5.82 Å². The van der Waals surface area contributed by atoms with E-state index < -0.39 is 0 Å². The summed E-state index contributed by atoms with van der Waals surface area (Å²) in [5, 5.41) is 5.25. The lowest BCUT2D eigenvalue weighted by molar-refractivity contribution is -0.118. The number of nitrogens with zero attached hydrogens (tertiary/aromatic N) is 2. The second kappa shape index (κ2) is 9.01. The summed E-state index contributed by atoms with van der Waals surface area (Å²) in [5.74, 6) is -0.438. The fourth-order valence-electron chi connectivity index (χ4n) is 2.60. The molecule has 0 saturated carbocycles. The molecule has 1 aliphatic heterocycles. The van der Waals surface area contributed by atoms with Gasteiger partial charge in [-0.2, -0.15) is 5.10 Å². The molecule has 0 bridgehead atoms. The lowest BCUT2D eigenvalue weighted by Crippen LogP contribution is -2.28. The number of rotatable bonds is 6. The monoisotopic (exact) mass is 377 g/mol. The Hall–Kier alpha value is -1.86. The van der Waals surface area contributed by atoms with Gasteiger partial charge in [0, 0.05) is 22.9 Å². The van der Waals surface area contributed by atoms with E-state index in [2.05, 4.69) is 21.5 Å². The van der Waals surface area contributed by atoms with Crippen LogP contribution in [0.2, 0.25) is 0 Å². The number of thioether (sulfide) groups is 1. The molecule has 7 heteroatoms. The second-order valence-corrected chi connectivity index (χ2v) is 7.85. The zero-order valence-corrected chi connectivity index (χ0v) is 15.4. The third-order valence-corrected chi connectivity index (χ3v) is 5.99. The first kappa shape index (κ1) is 17.9. The molecule has 4 nitrogen and oxygen atoms in total. The predicted octanol–water partition coefficient (Wildman–Crippen LogP) is 4.12. The first-order valence-corrected chi connectivity index (χ1v) is 10.1. The molecule has 1 fully saturated rings. The molecule has 0 aliphatic carbocycles. The number of piperidine rings is 1. The summed E-state index contributed by atoms with van der Waals surface area (Å²) in [6.07, 6.45) is 5.46. The van der Waals surface area contributed by atoms with Crippen molar-refractivity contribution in [2.75, 3.05) is 23.7 Å². The number of benzene rings is 1. The summed E-state index contributed by atoms with van der Waals surface area (Å²) in [5.41, 5.74) is 2.49. The SMILES string of the molecule is O=C(CSc1ccccc1F)NN=Cc1ccc(N2CCCCC2)s1. The van der Waals surface area contributed by atoms with Gasteiger partial charge >= 0.3 is 0 Å². The van der Waals surface area contributed by atoms with Gasteiger partial charge < -0.3 is 4.90 Å². The van der Waals surface area contributed by atoms with Gasteiger partial charge in [0.15, 0.2) is 0 Å². The fraction of sp³-hybridized carbons (Fsp3) is 0.333. The van der Waals surface area contributed by atoms with Crippen molar-refractivity contribution in [3.63, 3.8) is 0 Å². The maximum absolute atomic E-state index is 13.5. The minimum absolute atomic E-state index is 0.127. The van der Waals surface area contributed by atoms with Crippen LogP contribution in [0.15, 0.2) is 46.4 Å². The van der Waals surface area contributed by atoms with Crippen molar-refractivity contribution in [3.8, 4) is 0 Å². The summed E-state index contributed by atoms with van der Waals surface area (Å²) in [4.78, 5) is 15.7. The van der Waals surface area contributed by atoms with E-state index in [0.717, 1.165) is 29.7 Å². The highest BCUT2D eigenvalue weighted by Gasteiger charge is 2.12. The van der Waals surface area contributed by atoms with E-state index in [0.29, 0.717) is 4.90 Å². The molecule has 2 heterocycles. The molecule has 0 atom stereocenters. The molecule has 2 aromatic rings. The number of carbonyl (C=O) groups excluding carboxylic acids is 1. The van der Waals surface area contributed by atoms with Crippen LogP contribution in [0.4, 0.5) is 9.39 Å². The van der Waals surface area contributed by atoms with Gasteiger partial charge in [0.1, 0.15) is 5.82 Å². The summed E-state index contributed by atoms with van der Waals surface area (Å²) >= 11 is 2.83. The number of carbonyl (C=O) groups is 1. The maximum Gasteiger partial charge on any atom is 0.250 e. The summed E-state index contributed by atoms with van der Waals surface area (Å²) in [7, 11) is 0. The van der Waals surface area contributed by atoms with E-state index in [1.807, 2.05) is 6.07 Å². The van der Waals surface area contributed by atoms with Gasteiger partial charge in [-0.15, -0.1) is 23.1 Å². The van der Waals surface area contributed by atoms with Crippen molar-refractivity contribution >= 4 is 40.2 Å². The first-order valence-electron chi connectivity index (χ1n) is 8.26. The quantitative estimate of drug-likeness (QED) is 0.468. The average molecular weight is 378 g/mol. The van der Waals surface area contributed by atoms with Gasteiger partial charge in [0.05, 0.1) is 17.0 Å². The molecule has 25 heavy (non-hydrogen) atoms. The Labute approximate surface area is 155 Å². The number of thiophene rings is 1. The van der Waals surface area contributed by atoms with Crippen LogP contribution in [0.3, 0.4) is 0 Å². The molecule has 1 amide bonds. The zero-order valence-electron chi connectivity index (χ0n) is 13.8. The Bertz CT molecular complexity index is 741. The smallest absolute Gasteiger partial charge is 0.250 e. The van der Waals surface area contributed by atoms with E-state index in [9.17, 15) is 9.18 Å². The summed E-state index contributed by atoms with van der Waals surface area (Å²) in [6.45, 7) is 2.22. The summed E-state index contributed by atoms with van der Waals surface area (Å²) in [6, 6.07) is 10.5. The Morgan fingerprint density at radius 3 is 2.84 bits per heavy atom. The van der Waals surface area contributed by atoms with E-state index in [1.54, 1.807) is 35.8 Å². The minimum Gasteiger partial charge on any atom is -0.363 e. The molecule has 3 rings (SSSR count). The van der Waals surface area contributed by atoms with E-state index >= 15 is 0 Å². The van der Waals surface area contributed by atoms with Crippen LogP contribution in [0.5, 0.6) is 0 Å². The fourth-order valence-corrected chi connectivity index (χ4v) is 4.26. The molecule has 1 saturated heterocycles. The van der Waals surface area contributed by atoms with Crippen molar-refractivity contribution < 1.29 is 9.18 Å². The van der Waals surface area contributed by atoms with E-state index in [-0.39, 0.29) is 17.5 Å². The Morgan fingerprint density at radius 1 is 1.24 bits per heavy atom. The van der Waals surface area contributed by atoms with Crippen LogP contribution >= 0.6 is 23.1 Å². The highest BCUT2D eigenvalue weighted by molar-refractivity contribution is 8.00. The van der Waals surface area contributed by atoms with Gasteiger partial charge in [-0.1, -0.05) is 12.1 Å². The van der Waals surface area contributed by atoms with Gasteiger partial charge in [-0.3, -0.25) is 4.79 Å². The van der Waals surface area contributed by atoms with E-state index in [1.165, 1.54) is 30.3 Å². The second-order valence-electron chi connectivity index (χ2n) is 5.74. The number of hydrogen-bond acceptors (Lipinski definition) is 5. The Balaban J connectivity index is 1.45. The third-order valence-electron chi connectivity index (χ3n) is 3.86. The highest BCUT2D eigenvalue weighted by atomic mass is 32.2. The lowest BCUT2D eigenvalue weighted by atomic mass is 10.1. The molecule has 0 unspecified atom stereocenters. The first-order chi connectivity index (χ1) is 12.2. The summed E-state index contributed by atoms with van der Waals surface area (Å²) < 4.78 is 13.5. The number of nitrogens with one attached hydrogen (secondary N) is 1. The number of anilines is 1. The van der Waals surface area contributed by atoms with Crippen molar-refractivity contribution in [2.45, 2.75) is 24.2 Å². The predicted molar refractivity (Wildman–Crippen MR) is 103 cm³/mol. The van der Waals surface area contributed by atoms with Gasteiger partial charge in [-0.05, 0) is 43.5 Å². The van der Waals surface area contributed by atoms with Crippen LogP contribution < -0.4 is 10.3 Å². The minimum atomic E-state index is -0.312. The molecule has 0 radical (unpaired) electrons. The highest BCUT2D eigenvalue weighted by Crippen LogP contribution is 2.27. The molecule has 1 N–H and O–H groups in total. The molecule has 1 aliphatic rings. The van der Waals surface area contributed by atoms with Crippen molar-refractivity contribution in [3.05, 3.63) is 47.1 Å². The topological polar surface area (TPSA) is 44.7 Å². The Kier molecular flexibility index (Phi) is 6.47. The van der Waals surface area contributed by atoms with Crippen molar-refractivity contribution in [1.29, 1.82) is 0 Å². The number of hydrogen-bond donors (Lipinski definition) is 1. The largest absolute Gasteiger partial charge is 0.363 e. The zero-order chi connectivity index (χ0) is 17.5. The van der Waals surface area contributed by atoms with Crippen LogP contribution in [0.25, 0.3) is 0 Å². The molecular formula is C18H20FN3OS2. The van der Waals surface area contributed by atoms with Crippen LogP contribution in [0.1, 0.15) is 24.1 Å². The molecular weight excluding hydrogens is 357 g/mol. The number of amides is 1. The van der Waals surface area contributed by atoms with Crippen LogP contribution in [-0.4, -0.2) is 31.0 Å². The van der Waals surface area contributed by atoms with E-state index in [4.69, 9.17) is 0 Å². The third kappa shape index (κ3) is 5.31. The van der Waals surface area contributed by atoms with Crippen LogP contribution in [-0.2, 0) is 4.79 Å². The average Bonchev–Trinajstić information content (AvgIpc) is 3.11. The van der Waals surface area contributed by atoms with Gasteiger partial charge in [0.2, 0.25) is 5.91 Å². The van der Waals surface area contributed by atoms with Crippen molar-refractivity contribution in [1.82, 2.24) is 5.43 Å². The number of hydrazone groups is 1. The number of halogens is 1. The molecule has 132 valence electrons. The molecule has 1 aromatic heterocycles. The van der Waals surface area contributed by atoms with Crippen molar-refractivity contribution in [2.24, 2.45) is 5.10 Å². The maximum atomic E-state index is 13.5.